The summed E-state index contributed by atoms with van der Waals surface area (Å²) in [6.45, 7) is 0. The first-order valence-electron chi connectivity index (χ1n) is 8.55. The van der Waals surface area contributed by atoms with Crippen LogP contribution in [0.2, 0.25) is 0 Å². The van der Waals surface area contributed by atoms with E-state index in [0.29, 0.717) is 0 Å². The molecule has 0 amide bonds. The van der Waals surface area contributed by atoms with Gasteiger partial charge in [0.15, 0.2) is 0 Å². The zero-order chi connectivity index (χ0) is 19.3. The van der Waals surface area contributed by atoms with Gasteiger partial charge in [-0.2, -0.15) is 0 Å². The average molecular weight is 382 g/mol. The molecule has 2 atom stereocenters. The fourth-order valence-corrected chi connectivity index (χ4v) is 4.48. The SMILES string of the molecule is CON(C(c1ccccc1)C(N)c1ccccc1)S(=O)(=O)c1ccccc1. The molecular weight excluding hydrogens is 360 g/mol. The van der Waals surface area contributed by atoms with Crippen LogP contribution in [0, 0.1) is 0 Å². The van der Waals surface area contributed by atoms with E-state index in [4.69, 9.17) is 10.6 Å². The van der Waals surface area contributed by atoms with E-state index in [1.807, 2.05) is 60.7 Å². The summed E-state index contributed by atoms with van der Waals surface area (Å²) in [6.07, 6.45) is 0. The van der Waals surface area contributed by atoms with Gasteiger partial charge < -0.3 is 5.73 Å². The van der Waals surface area contributed by atoms with E-state index in [2.05, 4.69) is 0 Å². The third-order valence-corrected chi connectivity index (χ3v) is 6.07. The van der Waals surface area contributed by atoms with Crippen molar-refractivity contribution in [2.45, 2.75) is 17.0 Å². The minimum atomic E-state index is -3.92. The van der Waals surface area contributed by atoms with E-state index in [1.165, 1.54) is 19.2 Å². The van der Waals surface area contributed by atoms with Crippen molar-refractivity contribution in [2.75, 3.05) is 7.11 Å². The van der Waals surface area contributed by atoms with E-state index in [1.54, 1.807) is 18.2 Å². The van der Waals surface area contributed by atoms with Crippen molar-refractivity contribution in [2.24, 2.45) is 5.73 Å². The standard InChI is InChI=1S/C21H22N2O3S/c1-26-23(27(24,25)19-15-9-4-10-16-19)21(18-13-7-3-8-14-18)20(22)17-11-5-2-6-12-17/h2-16,20-21H,22H2,1H3. The highest BCUT2D eigenvalue weighted by molar-refractivity contribution is 7.89. The van der Waals surface area contributed by atoms with Crippen molar-refractivity contribution in [3.8, 4) is 0 Å². The number of benzene rings is 3. The van der Waals surface area contributed by atoms with Crippen LogP contribution in [0.25, 0.3) is 0 Å². The summed E-state index contributed by atoms with van der Waals surface area (Å²) in [6, 6.07) is 25.5. The van der Waals surface area contributed by atoms with E-state index >= 15 is 0 Å². The van der Waals surface area contributed by atoms with Crippen LogP contribution in [0.1, 0.15) is 23.2 Å². The summed E-state index contributed by atoms with van der Waals surface area (Å²) in [4.78, 5) is 5.54. The molecule has 3 aromatic carbocycles. The van der Waals surface area contributed by atoms with Gasteiger partial charge in [0, 0.05) is 0 Å². The van der Waals surface area contributed by atoms with Crippen molar-refractivity contribution < 1.29 is 13.3 Å². The molecule has 0 spiro atoms. The Hall–Kier alpha value is -2.51. The predicted molar refractivity (Wildman–Crippen MR) is 105 cm³/mol. The Morgan fingerprint density at radius 3 is 1.70 bits per heavy atom. The maximum Gasteiger partial charge on any atom is 0.265 e. The molecule has 6 heteroatoms. The lowest BCUT2D eigenvalue weighted by molar-refractivity contribution is -0.0889. The monoisotopic (exact) mass is 382 g/mol. The van der Waals surface area contributed by atoms with Crippen molar-refractivity contribution in [3.05, 3.63) is 102 Å². The van der Waals surface area contributed by atoms with Crippen LogP contribution in [0.5, 0.6) is 0 Å². The van der Waals surface area contributed by atoms with Gasteiger partial charge in [0.2, 0.25) is 0 Å². The fourth-order valence-electron chi connectivity index (χ4n) is 3.03. The van der Waals surface area contributed by atoms with Crippen LogP contribution in [0.3, 0.4) is 0 Å². The van der Waals surface area contributed by atoms with Crippen LogP contribution in [0.4, 0.5) is 0 Å². The number of nitrogens with two attached hydrogens (primary N) is 1. The average Bonchev–Trinajstić information content (AvgIpc) is 2.73. The van der Waals surface area contributed by atoms with Crippen molar-refractivity contribution in [3.63, 3.8) is 0 Å². The molecule has 0 heterocycles. The first-order chi connectivity index (χ1) is 13.1. The quantitative estimate of drug-likeness (QED) is 0.633. The summed E-state index contributed by atoms with van der Waals surface area (Å²) in [7, 11) is -2.58. The molecule has 2 N–H and O–H groups in total. The zero-order valence-electron chi connectivity index (χ0n) is 15.0. The molecule has 3 aromatic rings. The molecule has 5 nitrogen and oxygen atoms in total. The molecule has 0 saturated heterocycles. The first kappa shape index (κ1) is 19.3. The van der Waals surface area contributed by atoms with Crippen LogP contribution in [-0.2, 0) is 14.9 Å². The third kappa shape index (κ3) is 4.09. The molecule has 0 aromatic heterocycles. The number of sulfonamides is 1. The number of rotatable bonds is 7. The molecule has 0 saturated carbocycles. The molecule has 0 bridgehead atoms. The summed E-state index contributed by atoms with van der Waals surface area (Å²) in [5, 5.41) is 0. The lowest BCUT2D eigenvalue weighted by Crippen LogP contribution is -2.39. The molecule has 3 rings (SSSR count). The molecule has 140 valence electrons. The molecule has 0 aliphatic heterocycles. The first-order valence-corrected chi connectivity index (χ1v) is 9.99. The molecule has 0 radical (unpaired) electrons. The second-order valence-corrected chi connectivity index (χ2v) is 7.83. The third-order valence-electron chi connectivity index (χ3n) is 4.35. The summed E-state index contributed by atoms with van der Waals surface area (Å²) < 4.78 is 27.5. The Morgan fingerprint density at radius 2 is 1.22 bits per heavy atom. The molecule has 0 aliphatic rings. The molecule has 0 aliphatic carbocycles. The normalized spacial score (nSPS) is 14.0. The van der Waals surface area contributed by atoms with Crippen molar-refractivity contribution in [1.29, 1.82) is 0 Å². The minimum absolute atomic E-state index is 0.146. The van der Waals surface area contributed by atoms with E-state index in [0.717, 1.165) is 15.6 Å². The van der Waals surface area contributed by atoms with Crippen LogP contribution in [0.15, 0.2) is 95.9 Å². The fraction of sp³-hybridized carbons (Fsp3) is 0.143. The largest absolute Gasteiger partial charge is 0.322 e. The van der Waals surface area contributed by atoms with Crippen molar-refractivity contribution in [1.82, 2.24) is 4.47 Å². The minimum Gasteiger partial charge on any atom is -0.322 e. The van der Waals surface area contributed by atoms with Gasteiger partial charge in [0.25, 0.3) is 10.0 Å². The highest BCUT2D eigenvalue weighted by atomic mass is 32.2. The zero-order valence-corrected chi connectivity index (χ0v) is 15.8. The van der Waals surface area contributed by atoms with E-state index in [-0.39, 0.29) is 4.90 Å². The van der Waals surface area contributed by atoms with Gasteiger partial charge in [-0.25, -0.2) is 8.42 Å². The topological polar surface area (TPSA) is 72.6 Å². The summed E-state index contributed by atoms with van der Waals surface area (Å²) in [5.74, 6) is 0. The van der Waals surface area contributed by atoms with Crippen LogP contribution in [-0.4, -0.2) is 20.0 Å². The Labute approximate surface area is 160 Å². The highest BCUT2D eigenvalue weighted by Gasteiger charge is 2.37. The Kier molecular flexibility index (Phi) is 6.03. The summed E-state index contributed by atoms with van der Waals surface area (Å²) in [5.41, 5.74) is 8.10. The Balaban J connectivity index is 2.11. The van der Waals surface area contributed by atoms with Gasteiger partial charge in [-0.15, -0.1) is 0 Å². The molecule has 2 unspecified atom stereocenters. The van der Waals surface area contributed by atoms with Crippen LogP contribution >= 0.6 is 0 Å². The molecule has 27 heavy (non-hydrogen) atoms. The van der Waals surface area contributed by atoms with Gasteiger partial charge >= 0.3 is 0 Å². The molecular formula is C21H22N2O3S. The van der Waals surface area contributed by atoms with Gasteiger partial charge in [-0.1, -0.05) is 83.3 Å². The second kappa shape index (κ2) is 8.45. The lowest BCUT2D eigenvalue weighted by Gasteiger charge is -2.33. The number of hydrogen-bond donors (Lipinski definition) is 1. The van der Waals surface area contributed by atoms with Gasteiger partial charge in [-0.05, 0) is 23.3 Å². The van der Waals surface area contributed by atoms with E-state index < -0.39 is 22.1 Å². The number of hydrogen-bond acceptors (Lipinski definition) is 4. The molecule has 0 fully saturated rings. The van der Waals surface area contributed by atoms with Gasteiger partial charge in [-0.3, -0.25) is 4.84 Å². The van der Waals surface area contributed by atoms with Gasteiger partial charge in [0.05, 0.1) is 24.1 Å². The van der Waals surface area contributed by atoms with E-state index in [9.17, 15) is 8.42 Å². The summed E-state index contributed by atoms with van der Waals surface area (Å²) >= 11 is 0. The highest BCUT2D eigenvalue weighted by Crippen LogP contribution is 2.36. The second-order valence-electron chi connectivity index (χ2n) is 6.05. The predicted octanol–water partition coefficient (Wildman–Crippen LogP) is 3.68. The maximum absolute atomic E-state index is 13.3. The number of nitrogens with zero attached hydrogens (tertiary/aromatic N) is 1. The van der Waals surface area contributed by atoms with Gasteiger partial charge in [0.1, 0.15) is 0 Å². The van der Waals surface area contributed by atoms with Crippen LogP contribution < -0.4 is 5.73 Å². The smallest absolute Gasteiger partial charge is 0.265 e. The lowest BCUT2D eigenvalue weighted by atomic mass is 9.95. The van der Waals surface area contributed by atoms with Crippen molar-refractivity contribution >= 4 is 10.0 Å². The Bertz CT molecular complexity index is 948. The number of hydroxylamine groups is 1. The Morgan fingerprint density at radius 1 is 0.778 bits per heavy atom. The maximum atomic E-state index is 13.3.